The predicted molar refractivity (Wildman–Crippen MR) is 81.1 cm³/mol. The number of nitro benzene ring substituents is 1. The summed E-state index contributed by atoms with van der Waals surface area (Å²) in [5, 5.41) is 23.0. The van der Waals surface area contributed by atoms with E-state index in [0.29, 0.717) is 12.2 Å². The molecule has 106 valence electrons. The molecule has 0 heterocycles. The Morgan fingerprint density at radius 2 is 2.00 bits per heavy atom. The highest BCUT2D eigenvalue weighted by Gasteiger charge is 2.10. The van der Waals surface area contributed by atoms with Crippen molar-refractivity contribution in [3.8, 4) is 6.07 Å². The first kappa shape index (κ1) is 14.5. The van der Waals surface area contributed by atoms with E-state index < -0.39 is 4.92 Å². The lowest BCUT2D eigenvalue weighted by atomic mass is 10.1. The number of anilines is 1. The summed E-state index contributed by atoms with van der Waals surface area (Å²) in [6, 6.07) is 12.4. The first-order chi connectivity index (χ1) is 10.0. The summed E-state index contributed by atoms with van der Waals surface area (Å²) in [5.74, 6) is 0. The van der Waals surface area contributed by atoms with Crippen LogP contribution in [0.1, 0.15) is 22.3 Å². The standard InChI is InChI=1S/C16H15N3O2/c1-11-3-4-13(12(2)7-11)10-18-16-6-5-15(19(20)21)8-14(16)9-17/h3-8,18H,10H2,1-2H3. The van der Waals surface area contributed by atoms with Gasteiger partial charge in [0.1, 0.15) is 6.07 Å². The van der Waals surface area contributed by atoms with Crippen LogP contribution in [0.4, 0.5) is 11.4 Å². The summed E-state index contributed by atoms with van der Waals surface area (Å²) in [4.78, 5) is 10.2. The molecule has 0 aliphatic carbocycles. The molecule has 0 aliphatic rings. The molecular weight excluding hydrogens is 266 g/mol. The van der Waals surface area contributed by atoms with Gasteiger partial charge in [-0.25, -0.2) is 0 Å². The predicted octanol–water partition coefficient (Wildman–Crippen LogP) is 3.70. The van der Waals surface area contributed by atoms with Gasteiger partial charge < -0.3 is 5.32 Å². The number of rotatable bonds is 4. The second-order valence-corrected chi connectivity index (χ2v) is 4.88. The van der Waals surface area contributed by atoms with Crippen LogP contribution in [0, 0.1) is 35.3 Å². The van der Waals surface area contributed by atoms with E-state index in [0.717, 1.165) is 5.56 Å². The van der Waals surface area contributed by atoms with E-state index >= 15 is 0 Å². The molecule has 0 fully saturated rings. The van der Waals surface area contributed by atoms with Gasteiger partial charge in [-0.1, -0.05) is 23.8 Å². The van der Waals surface area contributed by atoms with Crippen molar-refractivity contribution in [1.82, 2.24) is 0 Å². The maximum Gasteiger partial charge on any atom is 0.270 e. The minimum absolute atomic E-state index is 0.0800. The van der Waals surface area contributed by atoms with Crippen molar-refractivity contribution in [2.24, 2.45) is 0 Å². The molecule has 0 atom stereocenters. The first-order valence-corrected chi connectivity index (χ1v) is 6.50. The summed E-state index contributed by atoms with van der Waals surface area (Å²) in [5.41, 5.74) is 4.29. The van der Waals surface area contributed by atoms with Crippen LogP contribution in [0.2, 0.25) is 0 Å². The van der Waals surface area contributed by atoms with Gasteiger partial charge in [0.2, 0.25) is 0 Å². The average molecular weight is 281 g/mol. The van der Waals surface area contributed by atoms with Gasteiger partial charge in [0.25, 0.3) is 5.69 Å². The minimum Gasteiger partial charge on any atom is -0.380 e. The third-order valence-electron chi connectivity index (χ3n) is 3.30. The first-order valence-electron chi connectivity index (χ1n) is 6.50. The second kappa shape index (κ2) is 6.06. The zero-order valence-corrected chi connectivity index (χ0v) is 11.9. The van der Waals surface area contributed by atoms with Gasteiger partial charge in [0.05, 0.1) is 16.2 Å². The van der Waals surface area contributed by atoms with Gasteiger partial charge in [-0.15, -0.1) is 0 Å². The molecule has 2 aromatic rings. The number of nitro groups is 1. The van der Waals surface area contributed by atoms with Crippen LogP contribution in [0.25, 0.3) is 0 Å². The molecule has 5 heteroatoms. The SMILES string of the molecule is Cc1ccc(CNc2ccc([N+](=O)[O-])cc2C#N)c(C)c1. The molecule has 2 rings (SSSR count). The van der Waals surface area contributed by atoms with Crippen molar-refractivity contribution in [3.05, 3.63) is 68.8 Å². The number of aryl methyl sites for hydroxylation is 2. The summed E-state index contributed by atoms with van der Waals surface area (Å²) < 4.78 is 0. The van der Waals surface area contributed by atoms with Crippen LogP contribution in [0.15, 0.2) is 36.4 Å². The molecule has 0 unspecified atom stereocenters. The van der Waals surface area contributed by atoms with Gasteiger partial charge in [-0.05, 0) is 31.0 Å². The van der Waals surface area contributed by atoms with Gasteiger partial charge in [0.15, 0.2) is 0 Å². The topological polar surface area (TPSA) is 79.0 Å². The fraction of sp³-hybridized carbons (Fsp3) is 0.188. The Morgan fingerprint density at radius 1 is 1.24 bits per heavy atom. The number of nitrogens with zero attached hydrogens (tertiary/aromatic N) is 2. The largest absolute Gasteiger partial charge is 0.380 e. The average Bonchev–Trinajstić information content (AvgIpc) is 2.46. The number of hydrogen-bond donors (Lipinski definition) is 1. The van der Waals surface area contributed by atoms with Crippen LogP contribution in [-0.2, 0) is 6.54 Å². The summed E-state index contributed by atoms with van der Waals surface area (Å²) in [7, 11) is 0. The molecule has 0 radical (unpaired) electrons. The molecule has 21 heavy (non-hydrogen) atoms. The molecule has 1 N–H and O–H groups in total. The number of non-ortho nitro benzene ring substituents is 1. The van der Waals surface area contributed by atoms with E-state index in [2.05, 4.69) is 11.4 Å². The van der Waals surface area contributed by atoms with E-state index in [1.807, 2.05) is 32.0 Å². The highest BCUT2D eigenvalue weighted by molar-refractivity contribution is 5.61. The fourth-order valence-corrected chi connectivity index (χ4v) is 2.13. The smallest absolute Gasteiger partial charge is 0.270 e. The Hall–Kier alpha value is -2.87. The summed E-state index contributed by atoms with van der Waals surface area (Å²) in [6.07, 6.45) is 0. The van der Waals surface area contributed by atoms with Crippen molar-refractivity contribution in [2.45, 2.75) is 20.4 Å². The lowest BCUT2D eigenvalue weighted by Gasteiger charge is -2.11. The Kier molecular flexibility index (Phi) is 4.19. The monoisotopic (exact) mass is 281 g/mol. The van der Waals surface area contributed by atoms with Crippen molar-refractivity contribution in [2.75, 3.05) is 5.32 Å². The fourth-order valence-electron chi connectivity index (χ4n) is 2.13. The van der Waals surface area contributed by atoms with Crippen LogP contribution < -0.4 is 5.32 Å². The molecule has 0 bridgehead atoms. The molecule has 0 spiro atoms. The van der Waals surface area contributed by atoms with Crippen molar-refractivity contribution in [1.29, 1.82) is 5.26 Å². The highest BCUT2D eigenvalue weighted by atomic mass is 16.6. The Balaban J connectivity index is 2.20. The highest BCUT2D eigenvalue weighted by Crippen LogP contribution is 2.22. The maximum absolute atomic E-state index is 10.7. The number of nitriles is 1. The molecule has 0 saturated heterocycles. The summed E-state index contributed by atoms with van der Waals surface area (Å²) >= 11 is 0. The van der Waals surface area contributed by atoms with E-state index in [4.69, 9.17) is 5.26 Å². The molecule has 0 aliphatic heterocycles. The van der Waals surface area contributed by atoms with E-state index in [1.165, 1.54) is 23.3 Å². The minimum atomic E-state index is -0.505. The van der Waals surface area contributed by atoms with E-state index in [1.54, 1.807) is 6.07 Å². The molecule has 5 nitrogen and oxygen atoms in total. The van der Waals surface area contributed by atoms with E-state index in [9.17, 15) is 10.1 Å². The third kappa shape index (κ3) is 3.37. The molecule has 0 amide bonds. The summed E-state index contributed by atoms with van der Waals surface area (Å²) in [6.45, 7) is 4.64. The van der Waals surface area contributed by atoms with Gasteiger partial charge in [0, 0.05) is 18.7 Å². The van der Waals surface area contributed by atoms with Gasteiger partial charge >= 0.3 is 0 Å². The Labute approximate surface area is 123 Å². The lowest BCUT2D eigenvalue weighted by molar-refractivity contribution is -0.384. The van der Waals surface area contributed by atoms with Crippen LogP contribution in [0.5, 0.6) is 0 Å². The molecular formula is C16H15N3O2. The number of benzene rings is 2. The van der Waals surface area contributed by atoms with Gasteiger partial charge in [-0.2, -0.15) is 5.26 Å². The third-order valence-corrected chi connectivity index (χ3v) is 3.30. The molecule has 0 saturated carbocycles. The van der Waals surface area contributed by atoms with E-state index in [-0.39, 0.29) is 11.3 Å². The lowest BCUT2D eigenvalue weighted by Crippen LogP contribution is -2.03. The maximum atomic E-state index is 10.7. The number of nitrogens with one attached hydrogen (secondary N) is 1. The van der Waals surface area contributed by atoms with Crippen LogP contribution in [0.3, 0.4) is 0 Å². The van der Waals surface area contributed by atoms with Gasteiger partial charge in [-0.3, -0.25) is 10.1 Å². The Bertz CT molecular complexity index is 733. The molecule has 2 aromatic carbocycles. The van der Waals surface area contributed by atoms with Crippen molar-refractivity contribution >= 4 is 11.4 Å². The van der Waals surface area contributed by atoms with Crippen molar-refractivity contribution < 1.29 is 4.92 Å². The zero-order chi connectivity index (χ0) is 15.4. The van der Waals surface area contributed by atoms with Crippen LogP contribution in [-0.4, -0.2) is 4.92 Å². The second-order valence-electron chi connectivity index (χ2n) is 4.88. The quantitative estimate of drug-likeness (QED) is 0.684. The van der Waals surface area contributed by atoms with Crippen molar-refractivity contribution in [3.63, 3.8) is 0 Å². The number of hydrogen-bond acceptors (Lipinski definition) is 4. The molecule has 0 aromatic heterocycles. The Morgan fingerprint density at radius 3 is 2.62 bits per heavy atom. The van der Waals surface area contributed by atoms with Crippen LogP contribution >= 0.6 is 0 Å². The normalized spacial score (nSPS) is 9.95. The zero-order valence-electron chi connectivity index (χ0n) is 11.9.